The van der Waals surface area contributed by atoms with Crippen molar-refractivity contribution in [2.24, 2.45) is 0 Å². The molecule has 3 saturated heterocycles. The second-order valence-corrected chi connectivity index (χ2v) is 35.1. The van der Waals surface area contributed by atoms with Gasteiger partial charge in [0.05, 0.1) is 126 Å². The maximum atomic E-state index is 11.7. The zero-order valence-electron chi connectivity index (χ0n) is 81.8. The van der Waals surface area contributed by atoms with Crippen LogP contribution < -0.4 is 40.2 Å². The number of likely N-dealkylation sites (tertiary alicyclic amines) is 1. The summed E-state index contributed by atoms with van der Waals surface area (Å²) in [5.41, 5.74) is 16.1. The van der Waals surface area contributed by atoms with E-state index in [1.807, 2.05) is 180 Å². The predicted octanol–water partition coefficient (Wildman–Crippen LogP) is 21.8. The molecule has 5 aromatic heterocycles. The van der Waals surface area contributed by atoms with Crippen molar-refractivity contribution in [2.75, 3.05) is 165 Å². The van der Waals surface area contributed by atoms with E-state index in [-0.39, 0.29) is 0 Å². The summed E-state index contributed by atoms with van der Waals surface area (Å²) >= 11 is 2.03. The van der Waals surface area contributed by atoms with Gasteiger partial charge in [-0.15, -0.1) is 0 Å². The zero-order valence-corrected chi connectivity index (χ0v) is 82.6. The number of aromatic nitrogens is 6. The van der Waals surface area contributed by atoms with Crippen LogP contribution in [0.4, 0.5) is 41.9 Å². The van der Waals surface area contributed by atoms with Crippen LogP contribution in [0.3, 0.4) is 0 Å². The molecule has 3 aliphatic rings. The van der Waals surface area contributed by atoms with Gasteiger partial charge in [0.2, 0.25) is 0 Å². The number of nitrogens with zero attached hydrogens (tertiary/aromatic N) is 14. The predicted molar refractivity (Wildman–Crippen MR) is 554 cm³/mol. The van der Waals surface area contributed by atoms with Crippen LogP contribution in [0.5, 0.6) is 23.0 Å². The van der Waals surface area contributed by atoms with Crippen LogP contribution in [0.1, 0.15) is 123 Å². The second-order valence-electron chi connectivity index (χ2n) is 33.8. The van der Waals surface area contributed by atoms with Crippen LogP contribution in [0.15, 0.2) is 189 Å². The summed E-state index contributed by atoms with van der Waals surface area (Å²) in [4.78, 5) is 60.7. The molecule has 30 nitrogen and oxygen atoms in total. The van der Waals surface area contributed by atoms with Gasteiger partial charge in [0.1, 0.15) is 47.3 Å². The number of amides is 4. The molecule has 3 aliphatic heterocycles. The molecule has 4 N–H and O–H groups in total. The molecule has 4 amide bonds. The van der Waals surface area contributed by atoms with Crippen molar-refractivity contribution < 1.29 is 57.1 Å². The third-order valence-corrected chi connectivity index (χ3v) is 25.7. The first-order valence-electron chi connectivity index (χ1n) is 48.8. The van der Waals surface area contributed by atoms with Gasteiger partial charge in [-0.25, -0.2) is 24.2 Å². The lowest BCUT2D eigenvalue weighted by molar-refractivity contribution is 0.145. The summed E-state index contributed by atoms with van der Waals surface area (Å²) in [6, 6.07) is 63.2. The number of fused-ring (bicyclic) bond motifs is 4. The normalized spacial score (nSPS) is 13.3. The quantitative estimate of drug-likeness (QED) is 0.0209. The van der Waals surface area contributed by atoms with Crippen LogP contribution in [0, 0.1) is 45.3 Å². The molecule has 732 valence electrons. The Morgan fingerprint density at radius 3 is 0.893 bits per heavy atom. The number of carbonyl (C=O) groups excluding carboxylic acids is 4. The van der Waals surface area contributed by atoms with Gasteiger partial charge in [-0.3, -0.25) is 21.3 Å². The molecule has 31 heteroatoms. The summed E-state index contributed by atoms with van der Waals surface area (Å²) in [7, 11) is 2.17. The van der Waals surface area contributed by atoms with Gasteiger partial charge in [-0.2, -0.15) is 32.8 Å². The topological polar surface area (TPSA) is 336 Å². The number of nitriles is 4. The number of piperazine rings is 1. The van der Waals surface area contributed by atoms with Crippen molar-refractivity contribution in [1.29, 1.82) is 21.0 Å². The van der Waals surface area contributed by atoms with Crippen molar-refractivity contribution >= 4 is 102 Å². The summed E-state index contributed by atoms with van der Waals surface area (Å²) < 4.78 is 54.6. The smallest absolute Gasteiger partial charge is 0.411 e. The number of nitrogens with one attached hydrogen (secondary N) is 4. The third kappa shape index (κ3) is 26.9. The van der Waals surface area contributed by atoms with Crippen LogP contribution in [-0.2, 0) is 51.7 Å². The molecular weight excluding hydrogens is 1790 g/mol. The summed E-state index contributed by atoms with van der Waals surface area (Å²) in [6.45, 7) is 35.3. The average molecular weight is 1910 g/mol. The molecule has 16 rings (SSSR count). The maximum absolute atomic E-state index is 11.7. The first kappa shape index (κ1) is 103. The lowest BCUT2D eigenvalue weighted by Crippen LogP contribution is -2.44. The Morgan fingerprint density at radius 2 is 0.629 bits per heavy atom. The first-order chi connectivity index (χ1) is 68.4. The molecule has 8 heterocycles. The Bertz CT molecular complexity index is 6270. The van der Waals surface area contributed by atoms with Gasteiger partial charge in [-0.1, -0.05) is 55.0 Å². The number of hydrogen-bond donors (Lipinski definition) is 4. The number of thioether (sulfide) groups is 1. The van der Waals surface area contributed by atoms with E-state index in [0.717, 1.165) is 196 Å². The second kappa shape index (κ2) is 52.4. The Kier molecular flexibility index (Phi) is 38.5. The number of ether oxygens (including phenoxy) is 8. The fourth-order valence-electron chi connectivity index (χ4n) is 18.0. The summed E-state index contributed by atoms with van der Waals surface area (Å²) in [5.74, 6) is 5.69. The van der Waals surface area contributed by atoms with Crippen molar-refractivity contribution in [1.82, 2.24) is 47.4 Å². The number of benzene rings is 8. The Balaban J connectivity index is 0.000000157. The van der Waals surface area contributed by atoms with Crippen molar-refractivity contribution in [3.8, 4) is 92.3 Å². The first-order valence-corrected chi connectivity index (χ1v) is 49.9. The molecule has 0 aliphatic carbocycles. The number of carbonyl (C=O) groups is 4. The molecule has 0 spiro atoms. The maximum Gasteiger partial charge on any atom is 0.411 e. The number of anilines is 4. The standard InChI is InChI=1S/C28H35N5O3.C28H34N4O3.C27H32N4O3S.C26H27N5O3/c1-4-33-26-19-23(36-18-6-13-32-16-14-31(3)15-17-32)11-12-24(26)25(20-29)27(33)21-7-9-22(10-8-21)30-28(34)35-5-2;1-3-32-26-19-23(35-18-8-17-31-15-6-5-7-16-31)13-14-24(26)25(20-29)27(32)21-9-11-22(12-10-21)30-28(33)34-4-2;1-3-31-25-18-22(34-15-5-12-30-13-16-35-17-14-30)10-11-23(25)24(19-28)26(31)20-6-8-21(9-7-20)29-27(32)33-4-2;1-3-31-24-16-21(34-15-5-13-30-14-12-28-18-30)10-11-22(24)23(17-27)25(31)19-6-8-20(9-7-19)29-26(32)33-4-2/h7-12,19H,4-6,13-18H2,1-3H3,(H,30,34);9-14,19H,3-8,15-18H2,1-2H3,(H,30,33);6-11,18H,3-5,12-17H2,1-2H3,(H,29,32);6-12,14,16,18H,3-5,13,15H2,1-2H3,(H,29,32). The van der Waals surface area contributed by atoms with Gasteiger partial charge in [0, 0.05) is 184 Å². The lowest BCUT2D eigenvalue weighted by atomic mass is 10.1. The Hall–Kier alpha value is -14.4. The number of piperidine rings is 1. The van der Waals surface area contributed by atoms with Crippen LogP contribution in [0.2, 0.25) is 0 Å². The van der Waals surface area contributed by atoms with E-state index in [1.165, 1.54) is 56.9 Å². The van der Waals surface area contributed by atoms with E-state index in [9.17, 15) is 40.2 Å². The Labute approximate surface area is 824 Å². The number of hydrogen-bond acceptors (Lipinski definition) is 22. The number of imidazole rings is 1. The number of likely N-dealkylation sites (N-methyl/N-ethyl adjacent to an activating group) is 1. The van der Waals surface area contributed by atoms with Crippen LogP contribution in [0.25, 0.3) is 88.6 Å². The largest absolute Gasteiger partial charge is 0.493 e. The highest BCUT2D eigenvalue weighted by Gasteiger charge is 2.26. The monoisotopic (exact) mass is 1910 g/mol. The van der Waals surface area contributed by atoms with Crippen LogP contribution in [-0.4, -0.2) is 215 Å². The molecule has 0 bridgehead atoms. The molecule has 8 aromatic carbocycles. The summed E-state index contributed by atoms with van der Waals surface area (Å²) in [5, 5.41) is 54.5. The van der Waals surface area contributed by atoms with Crippen molar-refractivity contribution in [3.63, 3.8) is 0 Å². The highest BCUT2D eigenvalue weighted by Crippen LogP contribution is 2.42. The van der Waals surface area contributed by atoms with Gasteiger partial charge in [0.15, 0.2) is 0 Å². The van der Waals surface area contributed by atoms with E-state index in [2.05, 4.69) is 123 Å². The minimum absolute atomic E-state index is 0.308. The van der Waals surface area contributed by atoms with E-state index in [4.69, 9.17) is 37.9 Å². The molecule has 0 saturated carbocycles. The van der Waals surface area contributed by atoms with Gasteiger partial charge < -0.3 is 80.3 Å². The lowest BCUT2D eigenvalue weighted by Gasteiger charge is -2.32. The zero-order chi connectivity index (χ0) is 98.7. The van der Waals surface area contributed by atoms with E-state index in [1.54, 1.807) is 52.4 Å². The minimum atomic E-state index is -0.492. The van der Waals surface area contributed by atoms with E-state index in [0.29, 0.717) is 117 Å². The SMILES string of the molecule is CCOC(=O)Nc1ccc(-c2c(C#N)c3ccc(OCCCN4CCCCC4)cc3n2CC)cc1.CCOC(=O)Nc1ccc(-c2c(C#N)c3ccc(OCCCN4CCN(C)CC4)cc3n2CC)cc1.CCOC(=O)Nc1ccc(-c2c(C#N)c3ccc(OCCCN4CCSCC4)cc3n2CC)cc1.CCOC(=O)Nc1ccc(-c2c(C#N)c3ccc(OCCCn4ccnc4)cc3n2CC)cc1. The fraction of sp³-hybridized carbons (Fsp3) is 0.385. The molecule has 3 fully saturated rings. The third-order valence-electron chi connectivity index (χ3n) is 24.8. The van der Waals surface area contributed by atoms with Gasteiger partial charge in [-0.05, 0) is 233 Å². The average Bonchev–Trinajstić information content (AvgIpc) is 1.62. The minimum Gasteiger partial charge on any atom is -0.493 e. The van der Waals surface area contributed by atoms with Gasteiger partial charge >= 0.3 is 24.4 Å². The molecule has 13 aromatic rings. The molecule has 140 heavy (non-hydrogen) atoms. The van der Waals surface area contributed by atoms with Crippen molar-refractivity contribution in [3.05, 3.63) is 211 Å². The molecule has 0 unspecified atom stereocenters. The van der Waals surface area contributed by atoms with Gasteiger partial charge in [0.25, 0.3) is 0 Å². The van der Waals surface area contributed by atoms with Crippen LogP contribution >= 0.6 is 11.8 Å². The summed E-state index contributed by atoms with van der Waals surface area (Å²) in [6.07, 6.45) is 11.4. The Morgan fingerprint density at radius 1 is 0.350 bits per heavy atom. The van der Waals surface area contributed by atoms with E-state index >= 15 is 0 Å². The molecule has 0 atom stereocenters. The molecule has 0 radical (unpaired) electrons. The molecular formula is C109H128N18O12S. The number of aryl methyl sites for hydroxylation is 5. The van der Waals surface area contributed by atoms with Crippen molar-refractivity contribution in [2.45, 2.75) is 133 Å². The highest BCUT2D eigenvalue weighted by molar-refractivity contribution is 7.99. The number of rotatable bonds is 36. The fourth-order valence-corrected chi connectivity index (χ4v) is 19.0. The van der Waals surface area contributed by atoms with E-state index < -0.39 is 24.4 Å². The highest BCUT2D eigenvalue weighted by atomic mass is 32.2.